The third kappa shape index (κ3) is 2.70. The van der Waals surface area contributed by atoms with E-state index in [1.54, 1.807) is 18.5 Å². The smallest absolute Gasteiger partial charge is 0.131 e. The molecule has 0 bridgehead atoms. The van der Waals surface area contributed by atoms with Gasteiger partial charge in [-0.25, -0.2) is 13.8 Å². The number of imidazole rings is 1. The zero-order chi connectivity index (χ0) is 13.0. The quantitative estimate of drug-likeness (QED) is 0.867. The van der Waals surface area contributed by atoms with Crippen molar-refractivity contribution in [3.63, 3.8) is 0 Å². The molecule has 4 nitrogen and oxygen atoms in total. The van der Waals surface area contributed by atoms with E-state index >= 15 is 0 Å². The molecule has 2 aromatic rings. The van der Waals surface area contributed by atoms with Crippen molar-refractivity contribution < 1.29 is 8.78 Å². The van der Waals surface area contributed by atoms with Crippen molar-refractivity contribution in [1.82, 2.24) is 15.3 Å². The molecule has 1 aromatic carbocycles. The lowest BCUT2D eigenvalue weighted by Crippen LogP contribution is -2.16. The number of halogens is 2. The van der Waals surface area contributed by atoms with Crippen LogP contribution in [-0.4, -0.2) is 9.97 Å². The van der Waals surface area contributed by atoms with Crippen molar-refractivity contribution in [3.8, 4) is 6.07 Å². The van der Waals surface area contributed by atoms with E-state index in [9.17, 15) is 8.78 Å². The van der Waals surface area contributed by atoms with Crippen LogP contribution in [0.15, 0.2) is 24.5 Å². The molecule has 0 saturated heterocycles. The number of H-pyrrole nitrogens is 1. The highest BCUT2D eigenvalue weighted by molar-refractivity contribution is 5.34. The van der Waals surface area contributed by atoms with Gasteiger partial charge in [-0.3, -0.25) is 0 Å². The second kappa shape index (κ2) is 5.38. The minimum absolute atomic E-state index is 0.0280. The number of nitriles is 1. The first-order valence-corrected chi connectivity index (χ1v) is 5.27. The van der Waals surface area contributed by atoms with Crippen LogP contribution in [0.4, 0.5) is 8.78 Å². The first-order valence-electron chi connectivity index (χ1n) is 5.27. The first-order chi connectivity index (χ1) is 8.70. The van der Waals surface area contributed by atoms with E-state index in [1.807, 2.05) is 0 Å². The Morgan fingerprint density at radius 1 is 1.28 bits per heavy atom. The third-order valence-electron chi connectivity index (χ3n) is 2.42. The standard InChI is InChI=1S/C12H10F2N4/c13-10-3-8(5-15)4-11(14)9(10)6-16-7-12-17-1-2-18-12/h1-4,16H,6-7H2,(H,17,18). The topological polar surface area (TPSA) is 64.5 Å². The summed E-state index contributed by atoms with van der Waals surface area (Å²) in [5, 5.41) is 11.4. The molecule has 2 N–H and O–H groups in total. The van der Waals surface area contributed by atoms with E-state index in [0.29, 0.717) is 12.4 Å². The van der Waals surface area contributed by atoms with Gasteiger partial charge in [0, 0.05) is 24.5 Å². The van der Waals surface area contributed by atoms with Crippen molar-refractivity contribution in [2.45, 2.75) is 13.1 Å². The van der Waals surface area contributed by atoms with Gasteiger partial charge in [-0.2, -0.15) is 5.26 Å². The fraction of sp³-hybridized carbons (Fsp3) is 0.167. The average molecular weight is 248 g/mol. The molecule has 0 spiro atoms. The van der Waals surface area contributed by atoms with Crippen LogP contribution in [0, 0.1) is 23.0 Å². The molecule has 0 aliphatic rings. The Kier molecular flexibility index (Phi) is 3.65. The summed E-state index contributed by atoms with van der Waals surface area (Å²) < 4.78 is 27.0. The summed E-state index contributed by atoms with van der Waals surface area (Å²) in [6.45, 7) is 0.413. The van der Waals surface area contributed by atoms with E-state index in [-0.39, 0.29) is 17.7 Å². The molecule has 1 aromatic heterocycles. The van der Waals surface area contributed by atoms with E-state index in [4.69, 9.17) is 5.26 Å². The molecular formula is C12H10F2N4. The molecule has 0 fully saturated rings. The van der Waals surface area contributed by atoms with Crippen molar-refractivity contribution >= 4 is 0 Å². The molecule has 0 saturated carbocycles. The molecule has 2 rings (SSSR count). The highest BCUT2D eigenvalue weighted by Gasteiger charge is 2.10. The number of hydrogen-bond acceptors (Lipinski definition) is 3. The Morgan fingerprint density at radius 2 is 2.00 bits per heavy atom. The summed E-state index contributed by atoms with van der Waals surface area (Å²) in [6.07, 6.45) is 3.26. The van der Waals surface area contributed by atoms with Crippen LogP contribution in [-0.2, 0) is 13.1 Å². The molecule has 0 unspecified atom stereocenters. The highest BCUT2D eigenvalue weighted by atomic mass is 19.1. The average Bonchev–Trinajstić information content (AvgIpc) is 2.85. The summed E-state index contributed by atoms with van der Waals surface area (Å²) in [5.74, 6) is -0.763. The molecule has 92 valence electrons. The normalized spacial score (nSPS) is 10.3. The van der Waals surface area contributed by atoms with Crippen LogP contribution in [0.5, 0.6) is 0 Å². The predicted octanol–water partition coefficient (Wildman–Crippen LogP) is 1.85. The van der Waals surface area contributed by atoms with Crippen LogP contribution in [0.2, 0.25) is 0 Å². The van der Waals surface area contributed by atoms with Crippen LogP contribution < -0.4 is 5.32 Å². The SMILES string of the molecule is N#Cc1cc(F)c(CNCc2ncc[nH]2)c(F)c1. The summed E-state index contributed by atoms with van der Waals surface area (Å²) in [5.41, 5.74) is -0.111. The minimum atomic E-state index is -0.724. The lowest BCUT2D eigenvalue weighted by Gasteiger charge is -2.06. The molecule has 0 amide bonds. The van der Waals surface area contributed by atoms with Gasteiger partial charge in [-0.05, 0) is 12.1 Å². The van der Waals surface area contributed by atoms with Crippen molar-refractivity contribution in [2.24, 2.45) is 0 Å². The maximum Gasteiger partial charge on any atom is 0.131 e. The second-order valence-corrected chi connectivity index (χ2v) is 3.67. The number of benzene rings is 1. The highest BCUT2D eigenvalue weighted by Crippen LogP contribution is 2.14. The van der Waals surface area contributed by atoms with Crippen LogP contribution in [0.25, 0.3) is 0 Å². The minimum Gasteiger partial charge on any atom is -0.348 e. The van der Waals surface area contributed by atoms with Gasteiger partial charge in [0.15, 0.2) is 0 Å². The van der Waals surface area contributed by atoms with Crippen LogP contribution in [0.3, 0.4) is 0 Å². The maximum absolute atomic E-state index is 13.5. The zero-order valence-corrected chi connectivity index (χ0v) is 9.37. The number of rotatable bonds is 4. The fourth-order valence-electron chi connectivity index (χ4n) is 1.54. The van der Waals surface area contributed by atoms with Crippen molar-refractivity contribution in [3.05, 3.63) is 53.1 Å². The first kappa shape index (κ1) is 12.2. The number of hydrogen-bond donors (Lipinski definition) is 2. The van der Waals surface area contributed by atoms with Gasteiger partial charge >= 0.3 is 0 Å². The van der Waals surface area contributed by atoms with E-state index in [2.05, 4.69) is 15.3 Å². The van der Waals surface area contributed by atoms with E-state index in [0.717, 1.165) is 12.1 Å². The van der Waals surface area contributed by atoms with Gasteiger partial charge in [0.2, 0.25) is 0 Å². The molecule has 6 heteroatoms. The van der Waals surface area contributed by atoms with Gasteiger partial charge in [0.05, 0.1) is 18.2 Å². The maximum atomic E-state index is 13.5. The van der Waals surface area contributed by atoms with Crippen LogP contribution in [0.1, 0.15) is 17.0 Å². The third-order valence-corrected chi connectivity index (χ3v) is 2.42. The fourth-order valence-corrected chi connectivity index (χ4v) is 1.54. The molecule has 1 heterocycles. The van der Waals surface area contributed by atoms with Gasteiger partial charge in [0.1, 0.15) is 17.5 Å². The van der Waals surface area contributed by atoms with Gasteiger partial charge in [-0.15, -0.1) is 0 Å². The van der Waals surface area contributed by atoms with E-state index < -0.39 is 11.6 Å². The number of aromatic amines is 1. The van der Waals surface area contributed by atoms with Gasteiger partial charge in [-0.1, -0.05) is 0 Å². The lowest BCUT2D eigenvalue weighted by atomic mass is 10.1. The lowest BCUT2D eigenvalue weighted by molar-refractivity contribution is 0.532. The Bertz CT molecular complexity index is 549. The Labute approximate surface area is 102 Å². The molecule has 0 aliphatic carbocycles. The van der Waals surface area contributed by atoms with Crippen molar-refractivity contribution in [1.29, 1.82) is 5.26 Å². The summed E-state index contributed by atoms with van der Waals surface area (Å²) in [6, 6.07) is 3.74. The predicted molar refractivity (Wildman–Crippen MR) is 60.2 cm³/mol. The van der Waals surface area contributed by atoms with Gasteiger partial charge < -0.3 is 10.3 Å². The van der Waals surface area contributed by atoms with Crippen molar-refractivity contribution in [2.75, 3.05) is 0 Å². The Balaban J connectivity index is 2.03. The summed E-state index contributed by atoms with van der Waals surface area (Å²) in [7, 11) is 0. The Hall–Kier alpha value is -2.26. The number of nitrogens with zero attached hydrogens (tertiary/aromatic N) is 2. The molecule has 0 aliphatic heterocycles. The number of nitrogens with one attached hydrogen (secondary N) is 2. The van der Waals surface area contributed by atoms with Gasteiger partial charge in [0.25, 0.3) is 0 Å². The molecule has 18 heavy (non-hydrogen) atoms. The van der Waals surface area contributed by atoms with E-state index in [1.165, 1.54) is 0 Å². The molecule has 0 radical (unpaired) electrons. The Morgan fingerprint density at radius 3 is 2.56 bits per heavy atom. The monoisotopic (exact) mass is 248 g/mol. The summed E-state index contributed by atoms with van der Waals surface area (Å²) in [4.78, 5) is 6.84. The van der Waals surface area contributed by atoms with Crippen LogP contribution >= 0.6 is 0 Å². The molecule has 0 atom stereocenters. The summed E-state index contributed by atoms with van der Waals surface area (Å²) >= 11 is 0. The zero-order valence-electron chi connectivity index (χ0n) is 9.37. The number of aromatic nitrogens is 2. The largest absolute Gasteiger partial charge is 0.348 e. The second-order valence-electron chi connectivity index (χ2n) is 3.67. The molecular weight excluding hydrogens is 238 g/mol.